The Hall–Kier alpha value is -2.29. The number of rotatable bonds is 2. The third-order valence-electron chi connectivity index (χ3n) is 2.71. The molecule has 3 nitrogen and oxygen atoms in total. The van der Waals surface area contributed by atoms with Crippen LogP contribution in [0.15, 0.2) is 60.3 Å². The molecule has 86 valence electrons. The molecule has 1 aliphatic carbocycles. The molecule has 1 unspecified atom stereocenters. The van der Waals surface area contributed by atoms with Crippen molar-refractivity contribution in [2.24, 2.45) is 17.4 Å². The molecule has 0 heterocycles. The maximum atomic E-state index is 11.7. The summed E-state index contributed by atoms with van der Waals surface area (Å²) < 4.78 is 0. The zero-order valence-electron chi connectivity index (χ0n) is 9.34. The third-order valence-corrected chi connectivity index (χ3v) is 2.71. The van der Waals surface area contributed by atoms with E-state index in [1.54, 1.807) is 18.2 Å². The van der Waals surface area contributed by atoms with Crippen LogP contribution in [-0.4, -0.2) is 5.78 Å². The van der Waals surface area contributed by atoms with Gasteiger partial charge in [-0.05, 0) is 11.6 Å². The van der Waals surface area contributed by atoms with Crippen molar-refractivity contribution in [1.82, 2.24) is 0 Å². The second-order valence-corrected chi connectivity index (χ2v) is 3.86. The first-order chi connectivity index (χ1) is 8.20. The van der Waals surface area contributed by atoms with E-state index < -0.39 is 5.92 Å². The number of benzene rings is 1. The van der Waals surface area contributed by atoms with Crippen LogP contribution in [-0.2, 0) is 4.79 Å². The molecule has 0 bridgehead atoms. The van der Waals surface area contributed by atoms with Crippen LogP contribution in [0.1, 0.15) is 5.56 Å². The largest absolute Gasteiger partial charge is 0.400 e. The lowest BCUT2D eigenvalue weighted by Crippen LogP contribution is -2.23. The monoisotopic (exact) mass is 226 g/mol. The van der Waals surface area contributed by atoms with Crippen molar-refractivity contribution in [2.45, 2.75) is 0 Å². The number of hydrogen-bond acceptors (Lipinski definition) is 3. The van der Waals surface area contributed by atoms with Crippen molar-refractivity contribution in [1.29, 1.82) is 0 Å². The Morgan fingerprint density at radius 3 is 2.41 bits per heavy atom. The van der Waals surface area contributed by atoms with Gasteiger partial charge in [0.1, 0.15) is 0 Å². The van der Waals surface area contributed by atoms with Crippen molar-refractivity contribution in [3.63, 3.8) is 0 Å². The van der Waals surface area contributed by atoms with E-state index >= 15 is 0 Å². The average Bonchev–Trinajstić information content (AvgIpc) is 2.39. The Morgan fingerprint density at radius 2 is 1.76 bits per heavy atom. The third kappa shape index (κ3) is 2.28. The highest BCUT2D eigenvalue weighted by atomic mass is 16.1. The van der Waals surface area contributed by atoms with Crippen molar-refractivity contribution in [2.75, 3.05) is 0 Å². The second-order valence-electron chi connectivity index (χ2n) is 3.86. The van der Waals surface area contributed by atoms with E-state index in [9.17, 15) is 4.79 Å². The smallest absolute Gasteiger partial charge is 0.168 e. The van der Waals surface area contributed by atoms with Crippen LogP contribution in [0, 0.1) is 5.92 Å². The summed E-state index contributed by atoms with van der Waals surface area (Å²) in [5, 5.41) is 0. The summed E-state index contributed by atoms with van der Waals surface area (Å²) in [5.41, 5.74) is 13.6. The molecular formula is C14H14N2O. The van der Waals surface area contributed by atoms with E-state index in [0.29, 0.717) is 11.4 Å². The molecule has 0 radical (unpaired) electrons. The first kappa shape index (κ1) is 11.2. The summed E-state index contributed by atoms with van der Waals surface area (Å²) in [4.78, 5) is 11.7. The van der Waals surface area contributed by atoms with E-state index in [1.165, 1.54) is 6.08 Å². The minimum absolute atomic E-state index is 0.0381. The molecular weight excluding hydrogens is 212 g/mol. The molecule has 0 aromatic heterocycles. The lowest BCUT2D eigenvalue weighted by Gasteiger charge is -2.15. The maximum absolute atomic E-state index is 11.7. The number of nitrogens with two attached hydrogens (primary N) is 2. The standard InChI is InChI=1S/C14H14N2O/c15-13(10-6-2-1-3-7-10)14(16)11-8-4-5-9-12(11)17/h1-9,11H,15-16H2. The van der Waals surface area contributed by atoms with Crippen LogP contribution in [0.3, 0.4) is 0 Å². The fourth-order valence-corrected chi connectivity index (χ4v) is 1.73. The number of ketones is 1. The molecule has 1 aromatic rings. The van der Waals surface area contributed by atoms with Crippen LogP contribution in [0.5, 0.6) is 0 Å². The summed E-state index contributed by atoms with van der Waals surface area (Å²) in [6.07, 6.45) is 6.77. The Labute approximate surface area is 100 Å². The molecule has 3 heteroatoms. The Kier molecular flexibility index (Phi) is 3.10. The minimum Gasteiger partial charge on any atom is -0.400 e. The van der Waals surface area contributed by atoms with E-state index in [2.05, 4.69) is 0 Å². The van der Waals surface area contributed by atoms with Crippen LogP contribution in [0.2, 0.25) is 0 Å². The summed E-state index contributed by atoms with van der Waals surface area (Å²) in [6, 6.07) is 9.41. The lowest BCUT2D eigenvalue weighted by molar-refractivity contribution is -0.116. The highest BCUT2D eigenvalue weighted by Gasteiger charge is 2.20. The van der Waals surface area contributed by atoms with Gasteiger partial charge in [0.15, 0.2) is 5.78 Å². The molecule has 17 heavy (non-hydrogen) atoms. The predicted octanol–water partition coefficient (Wildman–Crippen LogP) is 1.58. The number of carbonyl (C=O) groups excluding carboxylic acids is 1. The average molecular weight is 226 g/mol. The van der Waals surface area contributed by atoms with Gasteiger partial charge in [0.05, 0.1) is 11.6 Å². The molecule has 0 aliphatic heterocycles. The molecule has 1 atom stereocenters. The predicted molar refractivity (Wildman–Crippen MR) is 68.5 cm³/mol. The topological polar surface area (TPSA) is 69.1 Å². The molecule has 1 aliphatic rings. The Balaban J connectivity index is 2.35. The molecule has 0 fully saturated rings. The van der Waals surface area contributed by atoms with Gasteiger partial charge in [-0.25, -0.2) is 0 Å². The van der Waals surface area contributed by atoms with E-state index in [0.717, 1.165) is 5.56 Å². The SMILES string of the molecule is NC(=C(N)C1C=CC=CC1=O)c1ccccc1. The van der Waals surface area contributed by atoms with Gasteiger partial charge in [-0.1, -0.05) is 48.6 Å². The van der Waals surface area contributed by atoms with Gasteiger partial charge in [0.25, 0.3) is 0 Å². The highest BCUT2D eigenvalue weighted by Crippen LogP contribution is 2.20. The number of allylic oxidation sites excluding steroid dienone is 4. The normalized spacial score (nSPS) is 20.2. The van der Waals surface area contributed by atoms with Gasteiger partial charge >= 0.3 is 0 Å². The summed E-state index contributed by atoms with van der Waals surface area (Å²) >= 11 is 0. The summed E-state index contributed by atoms with van der Waals surface area (Å²) in [7, 11) is 0. The lowest BCUT2D eigenvalue weighted by atomic mass is 9.93. The van der Waals surface area contributed by atoms with Gasteiger partial charge in [0.2, 0.25) is 0 Å². The zero-order valence-corrected chi connectivity index (χ0v) is 9.34. The van der Waals surface area contributed by atoms with Gasteiger partial charge in [-0.2, -0.15) is 0 Å². The van der Waals surface area contributed by atoms with Gasteiger partial charge in [-0.3, -0.25) is 4.79 Å². The Morgan fingerprint density at radius 1 is 1.06 bits per heavy atom. The van der Waals surface area contributed by atoms with E-state index in [1.807, 2.05) is 30.3 Å². The quantitative estimate of drug-likeness (QED) is 0.804. The van der Waals surface area contributed by atoms with Crippen LogP contribution in [0.4, 0.5) is 0 Å². The fraction of sp³-hybridized carbons (Fsp3) is 0.0714. The van der Waals surface area contributed by atoms with Crippen LogP contribution in [0.25, 0.3) is 5.70 Å². The fourth-order valence-electron chi connectivity index (χ4n) is 1.73. The number of carbonyl (C=O) groups is 1. The first-order valence-electron chi connectivity index (χ1n) is 5.39. The van der Waals surface area contributed by atoms with Gasteiger partial charge in [-0.15, -0.1) is 0 Å². The summed E-state index contributed by atoms with van der Waals surface area (Å²) in [5.74, 6) is -0.482. The van der Waals surface area contributed by atoms with Crippen LogP contribution < -0.4 is 11.5 Å². The molecule has 0 saturated carbocycles. The molecule has 4 N–H and O–H groups in total. The van der Waals surface area contributed by atoms with E-state index in [-0.39, 0.29) is 5.78 Å². The molecule has 0 spiro atoms. The molecule has 2 rings (SSSR count). The summed E-state index contributed by atoms with van der Waals surface area (Å²) in [6.45, 7) is 0. The van der Waals surface area contributed by atoms with Crippen molar-refractivity contribution in [3.05, 3.63) is 65.9 Å². The Bertz CT molecular complexity index is 512. The van der Waals surface area contributed by atoms with Crippen molar-refractivity contribution in [3.8, 4) is 0 Å². The van der Waals surface area contributed by atoms with E-state index in [4.69, 9.17) is 11.5 Å². The molecule has 0 saturated heterocycles. The van der Waals surface area contributed by atoms with Crippen molar-refractivity contribution >= 4 is 11.5 Å². The molecule has 1 aromatic carbocycles. The van der Waals surface area contributed by atoms with Crippen LogP contribution >= 0.6 is 0 Å². The second kappa shape index (κ2) is 4.70. The zero-order chi connectivity index (χ0) is 12.3. The minimum atomic E-state index is -0.444. The van der Waals surface area contributed by atoms with Crippen molar-refractivity contribution < 1.29 is 4.79 Å². The molecule has 0 amide bonds. The van der Waals surface area contributed by atoms with Gasteiger partial charge < -0.3 is 11.5 Å². The first-order valence-corrected chi connectivity index (χ1v) is 5.39. The van der Waals surface area contributed by atoms with Gasteiger partial charge in [0, 0.05) is 5.70 Å². The number of hydrogen-bond donors (Lipinski definition) is 2. The highest BCUT2D eigenvalue weighted by molar-refractivity contribution is 5.97. The maximum Gasteiger partial charge on any atom is 0.168 e.